The van der Waals surface area contributed by atoms with Gasteiger partial charge in [0.1, 0.15) is 11.6 Å². The van der Waals surface area contributed by atoms with Gasteiger partial charge in [0, 0.05) is 39.3 Å². The minimum Gasteiger partial charge on any atom is -0.383 e. The van der Waals surface area contributed by atoms with Gasteiger partial charge in [-0.05, 0) is 37.4 Å². The van der Waals surface area contributed by atoms with E-state index >= 15 is 0 Å². The summed E-state index contributed by atoms with van der Waals surface area (Å²) in [6, 6.07) is 12.6. The maximum Gasteiger partial charge on any atom is 0.229 e. The third-order valence-corrected chi connectivity index (χ3v) is 5.89. The summed E-state index contributed by atoms with van der Waals surface area (Å²) in [5.74, 6) is 2.83. The molecule has 3 heterocycles. The summed E-state index contributed by atoms with van der Waals surface area (Å²) in [6.07, 6.45) is 2.43. The van der Waals surface area contributed by atoms with Gasteiger partial charge < -0.3 is 20.3 Å². The summed E-state index contributed by atoms with van der Waals surface area (Å²) in [4.78, 5) is 16.2. The highest BCUT2D eigenvalue weighted by Gasteiger charge is 2.22. The number of benzene rings is 1. The Morgan fingerprint density at radius 1 is 1.07 bits per heavy atom. The van der Waals surface area contributed by atoms with Gasteiger partial charge in [-0.25, -0.2) is 0 Å². The zero-order valence-electron chi connectivity index (χ0n) is 17.3. The fourth-order valence-corrected chi connectivity index (χ4v) is 4.19. The average molecular weight is 397 g/mol. The monoisotopic (exact) mass is 396 g/mol. The Kier molecular flexibility index (Phi) is 6.46. The number of piperidine rings is 1. The molecule has 1 aromatic carbocycles. The highest BCUT2D eigenvalue weighted by atomic mass is 16.5. The van der Waals surface area contributed by atoms with Crippen molar-refractivity contribution in [3.8, 4) is 0 Å². The molecular formula is C22H32N6O. The van der Waals surface area contributed by atoms with Crippen molar-refractivity contribution in [2.24, 2.45) is 5.92 Å². The Bertz CT molecular complexity index is 772. The number of nitrogen functional groups attached to an aromatic ring is 1. The first-order valence-electron chi connectivity index (χ1n) is 10.6. The van der Waals surface area contributed by atoms with Crippen molar-refractivity contribution in [1.29, 1.82) is 0 Å². The van der Waals surface area contributed by atoms with Crippen LogP contribution in [-0.4, -0.2) is 67.9 Å². The van der Waals surface area contributed by atoms with Gasteiger partial charge in [-0.15, -0.1) is 0 Å². The van der Waals surface area contributed by atoms with E-state index in [9.17, 15) is 0 Å². The SMILES string of the molecule is CN(CC1CCN(Cc2ccccc2)CC1)c1cc(N)nc(N2CCOCC2)n1. The number of nitrogens with zero attached hydrogens (tertiary/aromatic N) is 5. The number of anilines is 3. The Labute approximate surface area is 173 Å². The third-order valence-electron chi connectivity index (χ3n) is 5.89. The Morgan fingerprint density at radius 3 is 2.52 bits per heavy atom. The van der Waals surface area contributed by atoms with E-state index in [1.165, 1.54) is 18.4 Å². The summed E-state index contributed by atoms with van der Waals surface area (Å²) >= 11 is 0. The second kappa shape index (κ2) is 9.41. The Morgan fingerprint density at radius 2 is 1.79 bits per heavy atom. The molecular weight excluding hydrogens is 364 g/mol. The van der Waals surface area contributed by atoms with E-state index in [1.54, 1.807) is 0 Å². The molecule has 0 bridgehead atoms. The molecule has 0 unspecified atom stereocenters. The van der Waals surface area contributed by atoms with Crippen LogP contribution in [0.3, 0.4) is 0 Å². The summed E-state index contributed by atoms with van der Waals surface area (Å²) in [7, 11) is 2.11. The number of aromatic nitrogens is 2. The molecule has 0 atom stereocenters. The van der Waals surface area contributed by atoms with Crippen LogP contribution in [0.2, 0.25) is 0 Å². The van der Waals surface area contributed by atoms with E-state index in [1.807, 2.05) is 6.07 Å². The maximum atomic E-state index is 6.09. The van der Waals surface area contributed by atoms with Crippen molar-refractivity contribution in [2.45, 2.75) is 19.4 Å². The lowest BCUT2D eigenvalue weighted by molar-refractivity contribution is 0.122. The van der Waals surface area contributed by atoms with Gasteiger partial charge in [0.25, 0.3) is 0 Å². The number of morpholine rings is 1. The molecule has 7 heteroatoms. The molecule has 2 N–H and O–H groups in total. The largest absolute Gasteiger partial charge is 0.383 e. The molecule has 7 nitrogen and oxygen atoms in total. The Balaban J connectivity index is 1.31. The van der Waals surface area contributed by atoms with Crippen LogP contribution >= 0.6 is 0 Å². The van der Waals surface area contributed by atoms with E-state index in [2.05, 4.69) is 57.1 Å². The van der Waals surface area contributed by atoms with Crippen molar-refractivity contribution < 1.29 is 4.74 Å². The van der Waals surface area contributed by atoms with Crippen molar-refractivity contribution in [3.05, 3.63) is 42.0 Å². The highest BCUT2D eigenvalue weighted by molar-refractivity contribution is 5.52. The first kappa shape index (κ1) is 19.9. The third kappa shape index (κ3) is 5.36. The van der Waals surface area contributed by atoms with Crippen molar-refractivity contribution >= 4 is 17.6 Å². The zero-order chi connectivity index (χ0) is 20.1. The van der Waals surface area contributed by atoms with Crippen LogP contribution in [0.15, 0.2) is 36.4 Å². The lowest BCUT2D eigenvalue weighted by Gasteiger charge is -2.34. The topological polar surface area (TPSA) is 70.8 Å². The molecule has 2 saturated heterocycles. The van der Waals surface area contributed by atoms with E-state index in [-0.39, 0.29) is 0 Å². The van der Waals surface area contributed by atoms with Crippen molar-refractivity contribution in [2.75, 3.05) is 68.5 Å². The molecule has 1 aromatic heterocycles. The number of ether oxygens (including phenoxy) is 1. The van der Waals surface area contributed by atoms with Gasteiger partial charge in [0.2, 0.25) is 5.95 Å². The van der Waals surface area contributed by atoms with Crippen LogP contribution in [0.1, 0.15) is 18.4 Å². The molecule has 29 heavy (non-hydrogen) atoms. The number of rotatable bonds is 6. The molecule has 156 valence electrons. The summed E-state index contributed by atoms with van der Waals surface area (Å²) in [5.41, 5.74) is 7.48. The van der Waals surface area contributed by atoms with Crippen LogP contribution in [0, 0.1) is 5.92 Å². The fourth-order valence-electron chi connectivity index (χ4n) is 4.19. The summed E-state index contributed by atoms with van der Waals surface area (Å²) in [6.45, 7) is 7.40. The quantitative estimate of drug-likeness (QED) is 0.803. The van der Waals surface area contributed by atoms with Gasteiger partial charge in [-0.2, -0.15) is 9.97 Å². The number of nitrogens with two attached hydrogens (primary N) is 1. The zero-order valence-corrected chi connectivity index (χ0v) is 17.3. The standard InChI is InChI=1S/C22H32N6O/c1-26(21-15-20(23)24-22(25-21)28-11-13-29-14-12-28)16-19-7-9-27(10-8-19)17-18-5-3-2-4-6-18/h2-6,15,19H,7-14,16-17H2,1H3,(H2,23,24,25). The summed E-state index contributed by atoms with van der Waals surface area (Å²) < 4.78 is 5.43. The van der Waals surface area contributed by atoms with Crippen LogP contribution in [0.4, 0.5) is 17.6 Å². The van der Waals surface area contributed by atoms with Gasteiger partial charge in [-0.3, -0.25) is 4.90 Å². The molecule has 0 amide bonds. The molecule has 2 aliphatic heterocycles. The molecule has 2 aromatic rings. The van der Waals surface area contributed by atoms with Gasteiger partial charge in [0.05, 0.1) is 13.2 Å². The molecule has 0 aliphatic carbocycles. The fraction of sp³-hybridized carbons (Fsp3) is 0.545. The van der Waals surface area contributed by atoms with Gasteiger partial charge >= 0.3 is 0 Å². The van der Waals surface area contributed by atoms with Crippen LogP contribution in [-0.2, 0) is 11.3 Å². The van der Waals surface area contributed by atoms with E-state index in [4.69, 9.17) is 15.5 Å². The van der Waals surface area contributed by atoms with E-state index in [0.29, 0.717) is 30.9 Å². The van der Waals surface area contributed by atoms with Crippen molar-refractivity contribution in [1.82, 2.24) is 14.9 Å². The lowest BCUT2D eigenvalue weighted by Crippen LogP contribution is -2.39. The summed E-state index contributed by atoms with van der Waals surface area (Å²) in [5, 5.41) is 0. The average Bonchev–Trinajstić information content (AvgIpc) is 2.76. The molecule has 0 radical (unpaired) electrons. The van der Waals surface area contributed by atoms with Crippen LogP contribution in [0.25, 0.3) is 0 Å². The molecule has 0 spiro atoms. The first-order valence-corrected chi connectivity index (χ1v) is 10.6. The highest BCUT2D eigenvalue weighted by Crippen LogP contribution is 2.24. The van der Waals surface area contributed by atoms with Crippen LogP contribution < -0.4 is 15.5 Å². The molecule has 0 saturated carbocycles. The first-order chi connectivity index (χ1) is 14.2. The number of likely N-dealkylation sites (tertiary alicyclic amines) is 1. The minimum atomic E-state index is 0.529. The lowest BCUT2D eigenvalue weighted by atomic mass is 9.96. The number of hydrogen-bond donors (Lipinski definition) is 1. The molecule has 4 rings (SSSR count). The smallest absolute Gasteiger partial charge is 0.229 e. The predicted octanol–water partition coefficient (Wildman–Crippen LogP) is 2.24. The maximum absolute atomic E-state index is 6.09. The van der Waals surface area contributed by atoms with Crippen LogP contribution in [0.5, 0.6) is 0 Å². The minimum absolute atomic E-state index is 0.529. The Hall–Kier alpha value is -2.38. The molecule has 2 aliphatic rings. The van der Waals surface area contributed by atoms with Crippen molar-refractivity contribution in [3.63, 3.8) is 0 Å². The molecule has 2 fully saturated rings. The number of hydrogen-bond acceptors (Lipinski definition) is 7. The predicted molar refractivity (Wildman–Crippen MR) is 117 cm³/mol. The van der Waals surface area contributed by atoms with E-state index < -0.39 is 0 Å². The second-order valence-corrected chi connectivity index (χ2v) is 8.14. The van der Waals surface area contributed by atoms with Gasteiger partial charge in [-0.1, -0.05) is 30.3 Å². The normalized spacial score (nSPS) is 18.7. The van der Waals surface area contributed by atoms with E-state index in [0.717, 1.165) is 45.1 Å². The second-order valence-electron chi connectivity index (χ2n) is 8.14. The van der Waals surface area contributed by atoms with Gasteiger partial charge in [0.15, 0.2) is 0 Å².